The highest BCUT2D eigenvalue weighted by molar-refractivity contribution is 7.89. The number of fused-ring (bicyclic) bond motifs is 1. The molecule has 1 unspecified atom stereocenters. The summed E-state index contributed by atoms with van der Waals surface area (Å²) in [6.07, 6.45) is -3.77. The highest BCUT2D eigenvalue weighted by Gasteiger charge is 2.31. The molecule has 4 nitrogen and oxygen atoms in total. The third-order valence-electron chi connectivity index (χ3n) is 4.34. The van der Waals surface area contributed by atoms with Crippen LogP contribution in [-0.2, 0) is 29.2 Å². The number of nitrogens with two attached hydrogens (primary N) is 1. The first-order valence-corrected chi connectivity index (χ1v) is 9.19. The first-order chi connectivity index (χ1) is 11.6. The average Bonchev–Trinajstić information content (AvgIpc) is 2.81. The molecule has 3 rings (SSSR count). The lowest BCUT2D eigenvalue weighted by atomic mass is 10.1. The van der Waals surface area contributed by atoms with Crippen LogP contribution in [0.25, 0.3) is 0 Å². The summed E-state index contributed by atoms with van der Waals surface area (Å²) in [5.74, 6) is 0. The van der Waals surface area contributed by atoms with E-state index in [1.165, 1.54) is 18.2 Å². The molecule has 0 saturated carbocycles. The molecule has 2 aromatic rings. The number of hydrogen-bond acceptors (Lipinski definition) is 3. The van der Waals surface area contributed by atoms with Gasteiger partial charge in [0.1, 0.15) is 0 Å². The number of hydrogen-bond donors (Lipinski definition) is 1. The van der Waals surface area contributed by atoms with Gasteiger partial charge in [-0.15, -0.1) is 0 Å². The Morgan fingerprint density at radius 2 is 1.92 bits per heavy atom. The van der Waals surface area contributed by atoms with Crippen LogP contribution in [-0.4, -0.2) is 14.5 Å². The normalized spacial score (nSPS) is 17.6. The van der Waals surface area contributed by atoms with Crippen molar-refractivity contribution in [2.45, 2.75) is 37.0 Å². The fourth-order valence-electron chi connectivity index (χ4n) is 3.13. The number of benzene rings is 2. The van der Waals surface area contributed by atoms with E-state index in [0.29, 0.717) is 18.5 Å². The van der Waals surface area contributed by atoms with E-state index in [1.54, 1.807) is 12.1 Å². The molecule has 2 N–H and O–H groups in total. The molecule has 0 spiro atoms. The molecule has 2 aromatic carbocycles. The van der Waals surface area contributed by atoms with Crippen molar-refractivity contribution in [2.24, 2.45) is 5.14 Å². The molecule has 0 aromatic heterocycles. The fraction of sp³-hybridized carbons (Fsp3) is 0.294. The Morgan fingerprint density at radius 3 is 2.56 bits per heavy atom. The largest absolute Gasteiger partial charge is 0.416 e. The molecule has 8 heteroatoms. The lowest BCUT2D eigenvalue weighted by Crippen LogP contribution is -2.28. The Balaban J connectivity index is 1.91. The van der Waals surface area contributed by atoms with Gasteiger partial charge in [0.25, 0.3) is 0 Å². The molecule has 25 heavy (non-hydrogen) atoms. The van der Waals surface area contributed by atoms with Crippen molar-refractivity contribution in [2.75, 3.05) is 4.90 Å². The third-order valence-corrected chi connectivity index (χ3v) is 5.25. The van der Waals surface area contributed by atoms with E-state index < -0.39 is 21.8 Å². The van der Waals surface area contributed by atoms with Crippen LogP contribution in [0.2, 0.25) is 0 Å². The molecule has 0 aliphatic carbocycles. The topological polar surface area (TPSA) is 63.4 Å². The van der Waals surface area contributed by atoms with E-state index in [2.05, 4.69) is 0 Å². The summed E-state index contributed by atoms with van der Waals surface area (Å²) in [6.45, 7) is 2.26. The van der Waals surface area contributed by atoms with Crippen molar-refractivity contribution in [1.82, 2.24) is 0 Å². The van der Waals surface area contributed by atoms with Gasteiger partial charge < -0.3 is 4.90 Å². The molecule has 0 bridgehead atoms. The predicted molar refractivity (Wildman–Crippen MR) is 88.6 cm³/mol. The van der Waals surface area contributed by atoms with E-state index in [1.807, 2.05) is 11.8 Å². The Labute approximate surface area is 144 Å². The molecule has 1 aliphatic heterocycles. The second-order valence-electron chi connectivity index (χ2n) is 6.21. The summed E-state index contributed by atoms with van der Waals surface area (Å²) in [5, 5.41) is 5.15. The Morgan fingerprint density at radius 1 is 1.20 bits per heavy atom. The zero-order valence-electron chi connectivity index (χ0n) is 13.4. The first kappa shape index (κ1) is 17.8. The molecular formula is C17H17F3N2O2S. The molecular weight excluding hydrogens is 353 g/mol. The van der Waals surface area contributed by atoms with Gasteiger partial charge in [-0.1, -0.05) is 12.1 Å². The van der Waals surface area contributed by atoms with Crippen LogP contribution < -0.4 is 10.0 Å². The number of sulfonamides is 1. The molecule has 0 amide bonds. The first-order valence-electron chi connectivity index (χ1n) is 7.64. The zero-order chi connectivity index (χ0) is 18.4. The van der Waals surface area contributed by atoms with Crippen LogP contribution >= 0.6 is 0 Å². The van der Waals surface area contributed by atoms with Gasteiger partial charge in [-0.2, -0.15) is 13.2 Å². The summed E-state index contributed by atoms with van der Waals surface area (Å²) in [7, 11) is -3.78. The summed E-state index contributed by atoms with van der Waals surface area (Å²) in [4.78, 5) is 2.01. The van der Waals surface area contributed by atoms with Crippen molar-refractivity contribution < 1.29 is 21.6 Å². The quantitative estimate of drug-likeness (QED) is 0.902. The van der Waals surface area contributed by atoms with Crippen LogP contribution in [0.4, 0.5) is 18.9 Å². The van der Waals surface area contributed by atoms with Crippen molar-refractivity contribution in [3.05, 3.63) is 59.2 Å². The lowest BCUT2D eigenvalue weighted by molar-refractivity contribution is -0.137. The zero-order valence-corrected chi connectivity index (χ0v) is 14.2. The van der Waals surface area contributed by atoms with Gasteiger partial charge in [0.05, 0.1) is 10.5 Å². The van der Waals surface area contributed by atoms with Crippen LogP contribution in [0.15, 0.2) is 47.4 Å². The third kappa shape index (κ3) is 3.64. The van der Waals surface area contributed by atoms with E-state index in [4.69, 9.17) is 5.14 Å². The minimum atomic E-state index is -4.38. The van der Waals surface area contributed by atoms with Gasteiger partial charge in [-0.05, 0) is 54.8 Å². The predicted octanol–water partition coefficient (Wildman–Crippen LogP) is 3.30. The van der Waals surface area contributed by atoms with Gasteiger partial charge in [-0.3, -0.25) is 0 Å². The fourth-order valence-corrected chi connectivity index (χ4v) is 3.70. The highest BCUT2D eigenvalue weighted by Crippen LogP contribution is 2.35. The maximum atomic E-state index is 12.9. The minimum absolute atomic E-state index is 0.0411. The molecule has 1 atom stereocenters. The molecule has 0 radical (unpaired) electrons. The second-order valence-corrected chi connectivity index (χ2v) is 7.78. The molecule has 1 aliphatic rings. The average molecular weight is 370 g/mol. The monoisotopic (exact) mass is 370 g/mol. The van der Waals surface area contributed by atoms with Gasteiger partial charge in [0.2, 0.25) is 10.0 Å². The van der Waals surface area contributed by atoms with Crippen LogP contribution in [0.3, 0.4) is 0 Å². The van der Waals surface area contributed by atoms with Crippen molar-refractivity contribution in [3.8, 4) is 0 Å². The van der Waals surface area contributed by atoms with Crippen LogP contribution in [0.5, 0.6) is 0 Å². The molecule has 1 heterocycles. The van der Waals surface area contributed by atoms with Gasteiger partial charge in [-0.25, -0.2) is 13.6 Å². The van der Waals surface area contributed by atoms with E-state index in [0.717, 1.165) is 23.4 Å². The van der Waals surface area contributed by atoms with Crippen molar-refractivity contribution in [3.63, 3.8) is 0 Å². The molecule has 0 saturated heterocycles. The minimum Gasteiger partial charge on any atom is -0.364 e. The van der Waals surface area contributed by atoms with Crippen LogP contribution in [0.1, 0.15) is 23.6 Å². The van der Waals surface area contributed by atoms with E-state index in [-0.39, 0.29) is 10.9 Å². The molecule has 0 fully saturated rings. The smallest absolute Gasteiger partial charge is 0.364 e. The maximum absolute atomic E-state index is 12.9. The SMILES string of the molecule is CC1Cc2cc(S(N)(=O)=O)ccc2N1Cc1cccc(C(F)(F)F)c1. The van der Waals surface area contributed by atoms with Crippen LogP contribution in [0, 0.1) is 0 Å². The lowest BCUT2D eigenvalue weighted by Gasteiger charge is -2.25. The number of anilines is 1. The Bertz CT molecular complexity index is 910. The molecule has 134 valence electrons. The Hall–Kier alpha value is -2.06. The maximum Gasteiger partial charge on any atom is 0.416 e. The number of nitrogens with zero attached hydrogens (tertiary/aromatic N) is 1. The number of halogens is 3. The highest BCUT2D eigenvalue weighted by atomic mass is 32.2. The number of rotatable bonds is 3. The van der Waals surface area contributed by atoms with Gasteiger partial charge in [0, 0.05) is 18.3 Å². The van der Waals surface area contributed by atoms with Crippen molar-refractivity contribution >= 4 is 15.7 Å². The van der Waals surface area contributed by atoms with Crippen molar-refractivity contribution in [1.29, 1.82) is 0 Å². The number of primary sulfonamides is 1. The second kappa shape index (κ2) is 6.03. The number of alkyl halides is 3. The summed E-state index contributed by atoms with van der Waals surface area (Å²) in [5.41, 5.74) is 1.51. The van der Waals surface area contributed by atoms with Gasteiger partial charge >= 0.3 is 6.18 Å². The van der Waals surface area contributed by atoms with E-state index in [9.17, 15) is 21.6 Å². The standard InChI is InChI=1S/C17H17F3N2O2S/c1-11-7-13-9-15(25(21,23)24)5-6-16(13)22(11)10-12-3-2-4-14(8-12)17(18,19)20/h2-6,8-9,11H,7,10H2,1H3,(H2,21,23,24). The van der Waals surface area contributed by atoms with E-state index >= 15 is 0 Å². The summed E-state index contributed by atoms with van der Waals surface area (Å²) >= 11 is 0. The summed E-state index contributed by atoms with van der Waals surface area (Å²) in [6, 6.07) is 9.89. The Kier molecular flexibility index (Phi) is 4.28. The van der Waals surface area contributed by atoms with Gasteiger partial charge in [0.15, 0.2) is 0 Å². The summed E-state index contributed by atoms with van der Waals surface area (Å²) < 4.78 is 61.6.